The van der Waals surface area contributed by atoms with Crippen LogP contribution in [0.25, 0.3) is 0 Å². The molecular formula is C37H45ClN2O5. The number of carbonyl (C=O) groups is 1. The standard InChI is InChI=1S/C37H45ClN2O5/c1-23(2)45-34-22-32-25(18-33(34)44-4)19-35(42)40(36(32)24-6-5-7-28(38)11-8-24)29-12-9-26(10-13-29)37(3,43)27-20-30-14-15-31(21-27)39(30)16-17-41/h5-13,18,22-24,27,30-31,36,41,43H,14-17,19-21H2,1-4H3. The maximum absolute atomic E-state index is 14.0. The number of hydrogen-bond acceptors (Lipinski definition) is 6. The van der Waals surface area contributed by atoms with Crippen LogP contribution in [0.1, 0.15) is 69.2 Å². The monoisotopic (exact) mass is 632 g/mol. The fourth-order valence-electron chi connectivity index (χ4n) is 8.00. The summed E-state index contributed by atoms with van der Waals surface area (Å²) < 4.78 is 11.8. The van der Waals surface area contributed by atoms with Crippen molar-refractivity contribution in [3.05, 3.63) is 88.5 Å². The third kappa shape index (κ3) is 6.20. The Morgan fingerprint density at radius 2 is 1.78 bits per heavy atom. The zero-order valence-electron chi connectivity index (χ0n) is 26.7. The van der Waals surface area contributed by atoms with Gasteiger partial charge >= 0.3 is 0 Å². The molecule has 4 aliphatic rings. The summed E-state index contributed by atoms with van der Waals surface area (Å²) in [5.41, 5.74) is 2.55. The summed E-state index contributed by atoms with van der Waals surface area (Å²) in [6.45, 7) is 6.78. The predicted octanol–water partition coefficient (Wildman–Crippen LogP) is 6.42. The number of hydrogen-bond donors (Lipinski definition) is 2. The molecule has 8 heteroatoms. The number of benzene rings is 2. The van der Waals surface area contributed by atoms with Crippen LogP contribution in [0.3, 0.4) is 0 Å². The molecule has 5 atom stereocenters. The molecule has 2 bridgehead atoms. The van der Waals surface area contributed by atoms with Gasteiger partial charge in [0.15, 0.2) is 11.5 Å². The van der Waals surface area contributed by atoms with E-state index in [-0.39, 0.29) is 42.9 Å². The van der Waals surface area contributed by atoms with Crippen LogP contribution in [-0.4, -0.2) is 59.5 Å². The van der Waals surface area contributed by atoms with Crippen molar-refractivity contribution in [1.82, 2.24) is 4.90 Å². The summed E-state index contributed by atoms with van der Waals surface area (Å²) in [7, 11) is 1.62. The molecule has 0 aromatic heterocycles. The SMILES string of the molecule is COc1cc2c(cc1OC(C)C)C(C1C=CC=C(Cl)C=C1)N(c1ccc(C(C)(O)C3CC4CCC(C3)N4CCO)cc1)C(=O)C2. The van der Waals surface area contributed by atoms with Gasteiger partial charge in [0, 0.05) is 35.3 Å². The van der Waals surface area contributed by atoms with Crippen LogP contribution in [0.2, 0.25) is 0 Å². The zero-order valence-corrected chi connectivity index (χ0v) is 27.4. The number of aliphatic hydroxyl groups excluding tert-OH is 1. The maximum atomic E-state index is 14.0. The van der Waals surface area contributed by atoms with Gasteiger partial charge in [-0.2, -0.15) is 0 Å². The van der Waals surface area contributed by atoms with E-state index >= 15 is 0 Å². The van der Waals surface area contributed by atoms with Crippen molar-refractivity contribution in [3.8, 4) is 11.5 Å². The number of ether oxygens (including phenoxy) is 2. The fourth-order valence-corrected chi connectivity index (χ4v) is 8.14. The van der Waals surface area contributed by atoms with Gasteiger partial charge in [0.25, 0.3) is 0 Å². The van der Waals surface area contributed by atoms with E-state index in [9.17, 15) is 15.0 Å². The Kier molecular flexibility index (Phi) is 9.17. The highest BCUT2D eigenvalue weighted by atomic mass is 35.5. The minimum absolute atomic E-state index is 0.00970. The van der Waals surface area contributed by atoms with Gasteiger partial charge in [-0.15, -0.1) is 0 Å². The topological polar surface area (TPSA) is 82.5 Å². The lowest BCUT2D eigenvalue weighted by atomic mass is 9.75. The molecule has 6 rings (SSSR count). The zero-order chi connectivity index (χ0) is 31.9. The molecule has 3 heterocycles. The van der Waals surface area contributed by atoms with Crippen molar-refractivity contribution in [2.75, 3.05) is 25.2 Å². The Labute approximate surface area is 271 Å². The second-order valence-corrected chi connectivity index (χ2v) is 13.8. The largest absolute Gasteiger partial charge is 0.493 e. The highest BCUT2D eigenvalue weighted by Gasteiger charge is 2.47. The van der Waals surface area contributed by atoms with Crippen LogP contribution in [0, 0.1) is 11.8 Å². The van der Waals surface area contributed by atoms with Crippen molar-refractivity contribution >= 4 is 23.2 Å². The molecule has 2 saturated heterocycles. The molecule has 2 aromatic rings. The smallest absolute Gasteiger partial charge is 0.232 e. The van der Waals surface area contributed by atoms with Gasteiger partial charge in [-0.05, 0) is 105 Å². The minimum Gasteiger partial charge on any atom is -0.493 e. The summed E-state index contributed by atoms with van der Waals surface area (Å²) in [5, 5.41) is 22.1. The number of aliphatic hydroxyl groups is 2. The third-order valence-electron chi connectivity index (χ3n) is 10.2. The molecule has 3 aliphatic heterocycles. The van der Waals surface area contributed by atoms with E-state index in [2.05, 4.69) is 11.0 Å². The number of fused-ring (bicyclic) bond motifs is 3. The number of carbonyl (C=O) groups excluding carboxylic acids is 1. The first kappa shape index (κ1) is 31.9. The molecule has 2 fully saturated rings. The molecule has 240 valence electrons. The van der Waals surface area contributed by atoms with E-state index in [0.717, 1.165) is 48.1 Å². The van der Waals surface area contributed by atoms with Crippen molar-refractivity contribution in [2.24, 2.45) is 11.8 Å². The van der Waals surface area contributed by atoms with E-state index in [0.29, 0.717) is 35.2 Å². The van der Waals surface area contributed by atoms with Gasteiger partial charge < -0.3 is 24.6 Å². The number of halogens is 1. The molecule has 0 spiro atoms. The van der Waals surface area contributed by atoms with Gasteiger partial charge in [0.05, 0.1) is 37.9 Å². The molecule has 2 N–H and O–H groups in total. The number of allylic oxidation sites excluding steroid dienone is 4. The van der Waals surface area contributed by atoms with Crippen molar-refractivity contribution < 1.29 is 24.5 Å². The van der Waals surface area contributed by atoms with E-state index in [4.69, 9.17) is 21.1 Å². The van der Waals surface area contributed by atoms with E-state index in [1.807, 2.05) is 86.4 Å². The van der Waals surface area contributed by atoms with Crippen LogP contribution in [0.4, 0.5) is 5.69 Å². The average Bonchev–Trinajstić information content (AvgIpc) is 3.16. The molecule has 5 unspecified atom stereocenters. The highest BCUT2D eigenvalue weighted by molar-refractivity contribution is 6.31. The number of methoxy groups -OCH3 is 1. The second kappa shape index (κ2) is 13.0. The van der Waals surface area contributed by atoms with Gasteiger partial charge in [-0.3, -0.25) is 9.69 Å². The van der Waals surface area contributed by atoms with Crippen LogP contribution in [-0.2, 0) is 16.8 Å². The van der Waals surface area contributed by atoms with Crippen molar-refractivity contribution in [2.45, 2.75) is 82.7 Å². The Bertz CT molecular complexity index is 1480. The normalized spacial score (nSPS) is 27.6. The Hall–Kier alpha value is -3.10. The van der Waals surface area contributed by atoms with Crippen LogP contribution in [0.15, 0.2) is 71.8 Å². The third-order valence-corrected chi connectivity index (χ3v) is 10.4. The number of rotatable bonds is 9. The lowest BCUT2D eigenvalue weighted by Crippen LogP contribution is -2.48. The number of nitrogens with zero attached hydrogens (tertiary/aromatic N) is 2. The van der Waals surface area contributed by atoms with Crippen LogP contribution >= 0.6 is 11.6 Å². The van der Waals surface area contributed by atoms with Gasteiger partial charge in [0.2, 0.25) is 5.91 Å². The van der Waals surface area contributed by atoms with Crippen molar-refractivity contribution in [1.29, 1.82) is 0 Å². The summed E-state index contributed by atoms with van der Waals surface area (Å²) in [6, 6.07) is 12.3. The Morgan fingerprint density at radius 3 is 2.42 bits per heavy atom. The van der Waals surface area contributed by atoms with Crippen LogP contribution < -0.4 is 14.4 Å². The second-order valence-electron chi connectivity index (χ2n) is 13.3. The molecular weight excluding hydrogens is 588 g/mol. The lowest BCUT2D eigenvalue weighted by Gasteiger charge is -2.44. The highest BCUT2D eigenvalue weighted by Crippen LogP contribution is 2.48. The molecule has 7 nitrogen and oxygen atoms in total. The van der Waals surface area contributed by atoms with E-state index in [1.165, 1.54) is 0 Å². The minimum atomic E-state index is -1.00. The first-order valence-corrected chi connectivity index (χ1v) is 16.6. The molecule has 2 aromatic carbocycles. The van der Waals surface area contributed by atoms with Gasteiger partial charge in [-0.25, -0.2) is 0 Å². The number of anilines is 1. The van der Waals surface area contributed by atoms with E-state index < -0.39 is 5.60 Å². The molecule has 1 aliphatic carbocycles. The lowest BCUT2D eigenvalue weighted by molar-refractivity contribution is -0.119. The van der Waals surface area contributed by atoms with Crippen molar-refractivity contribution in [3.63, 3.8) is 0 Å². The summed E-state index contributed by atoms with van der Waals surface area (Å²) in [4.78, 5) is 18.3. The Balaban J connectivity index is 1.34. The molecule has 1 amide bonds. The average molecular weight is 633 g/mol. The fraction of sp³-hybridized carbons (Fsp3) is 0.486. The summed E-state index contributed by atoms with van der Waals surface area (Å²) in [5.74, 6) is 1.22. The predicted molar refractivity (Wildman–Crippen MR) is 178 cm³/mol. The number of piperidine rings is 1. The molecule has 0 saturated carbocycles. The van der Waals surface area contributed by atoms with Gasteiger partial charge in [0.1, 0.15) is 0 Å². The number of amides is 1. The molecule has 45 heavy (non-hydrogen) atoms. The summed E-state index contributed by atoms with van der Waals surface area (Å²) >= 11 is 6.37. The van der Waals surface area contributed by atoms with E-state index in [1.54, 1.807) is 7.11 Å². The first-order chi connectivity index (χ1) is 21.6. The Morgan fingerprint density at radius 1 is 1.07 bits per heavy atom. The maximum Gasteiger partial charge on any atom is 0.232 e. The first-order valence-electron chi connectivity index (χ1n) is 16.2. The summed E-state index contributed by atoms with van der Waals surface area (Å²) in [6.07, 6.45) is 14.1. The molecule has 0 radical (unpaired) electrons. The van der Waals surface area contributed by atoms with Gasteiger partial charge in [-0.1, -0.05) is 42.0 Å². The van der Waals surface area contributed by atoms with Crippen LogP contribution in [0.5, 0.6) is 11.5 Å². The quantitative estimate of drug-likeness (QED) is 0.332.